The standard InChI is InChI=1S/C11H23N3O5S2/c1-19-7-6-14(5-2-11(12)13)21(17,18)10-3-8-20(15,16)9-4-10/h10H,2-9H2,1H3,(H3,12,13). The number of nitrogens with zero attached hydrogens (tertiary/aromatic N) is 1. The predicted octanol–water partition coefficient (Wildman–Crippen LogP) is -0.832. The Kier molecular flexibility index (Phi) is 6.57. The molecule has 1 saturated heterocycles. The summed E-state index contributed by atoms with van der Waals surface area (Å²) in [6.07, 6.45) is 0.385. The van der Waals surface area contributed by atoms with Crippen molar-refractivity contribution in [2.45, 2.75) is 24.5 Å². The minimum atomic E-state index is -3.61. The van der Waals surface area contributed by atoms with Crippen LogP contribution in [0.25, 0.3) is 0 Å². The lowest BCUT2D eigenvalue weighted by Crippen LogP contribution is -2.44. The average molecular weight is 341 g/mol. The molecule has 21 heavy (non-hydrogen) atoms. The van der Waals surface area contributed by atoms with Crippen molar-refractivity contribution in [2.24, 2.45) is 5.73 Å². The van der Waals surface area contributed by atoms with Crippen molar-refractivity contribution in [2.75, 3.05) is 38.3 Å². The second-order valence-corrected chi connectivity index (χ2v) is 9.58. The van der Waals surface area contributed by atoms with E-state index in [0.29, 0.717) is 0 Å². The minimum absolute atomic E-state index is 0.0844. The van der Waals surface area contributed by atoms with Gasteiger partial charge in [-0.2, -0.15) is 4.31 Å². The molecule has 0 radical (unpaired) electrons. The summed E-state index contributed by atoms with van der Waals surface area (Å²) < 4.78 is 54.1. The molecule has 1 rings (SSSR count). The monoisotopic (exact) mass is 341 g/mol. The van der Waals surface area contributed by atoms with Crippen molar-refractivity contribution in [3.05, 3.63) is 0 Å². The first-order valence-corrected chi connectivity index (χ1v) is 10.0. The Morgan fingerprint density at radius 3 is 2.38 bits per heavy atom. The van der Waals surface area contributed by atoms with Crippen LogP contribution in [0.4, 0.5) is 0 Å². The molecule has 1 aliphatic heterocycles. The maximum Gasteiger partial charge on any atom is 0.217 e. The molecule has 0 amide bonds. The van der Waals surface area contributed by atoms with Crippen LogP contribution in [0, 0.1) is 5.41 Å². The molecule has 10 heteroatoms. The Morgan fingerprint density at radius 2 is 1.90 bits per heavy atom. The molecule has 0 aromatic heterocycles. The first-order valence-electron chi connectivity index (χ1n) is 6.70. The fourth-order valence-electron chi connectivity index (χ4n) is 2.18. The largest absolute Gasteiger partial charge is 0.388 e. The number of sulfone groups is 1. The van der Waals surface area contributed by atoms with Gasteiger partial charge in [-0.05, 0) is 12.8 Å². The van der Waals surface area contributed by atoms with Gasteiger partial charge in [-0.15, -0.1) is 0 Å². The Morgan fingerprint density at radius 1 is 1.33 bits per heavy atom. The van der Waals surface area contributed by atoms with E-state index in [-0.39, 0.29) is 56.3 Å². The summed E-state index contributed by atoms with van der Waals surface area (Å²) in [6.45, 7) is 0.530. The summed E-state index contributed by atoms with van der Waals surface area (Å²) in [5, 5.41) is 6.52. The molecule has 1 heterocycles. The Hall–Kier alpha value is -0.710. The lowest BCUT2D eigenvalue weighted by molar-refractivity contribution is 0.179. The van der Waals surface area contributed by atoms with E-state index in [9.17, 15) is 16.8 Å². The fourth-order valence-corrected chi connectivity index (χ4v) is 5.90. The second kappa shape index (κ2) is 7.52. The molecule has 124 valence electrons. The Labute approximate surface area is 126 Å². The summed E-state index contributed by atoms with van der Waals surface area (Å²) in [5.41, 5.74) is 5.28. The Balaban J connectivity index is 2.80. The van der Waals surface area contributed by atoms with Crippen LogP contribution < -0.4 is 5.73 Å². The van der Waals surface area contributed by atoms with Crippen LogP contribution in [0.5, 0.6) is 0 Å². The van der Waals surface area contributed by atoms with Crippen LogP contribution in [0.1, 0.15) is 19.3 Å². The predicted molar refractivity (Wildman–Crippen MR) is 80.6 cm³/mol. The van der Waals surface area contributed by atoms with Gasteiger partial charge < -0.3 is 10.5 Å². The SMILES string of the molecule is COCCN(CCC(=N)N)S(=O)(=O)C1CCS(=O)(=O)CC1. The topological polar surface area (TPSA) is 131 Å². The molecule has 0 unspecified atom stereocenters. The van der Waals surface area contributed by atoms with Gasteiger partial charge in [0.15, 0.2) is 0 Å². The lowest BCUT2D eigenvalue weighted by atomic mass is 10.2. The van der Waals surface area contributed by atoms with E-state index < -0.39 is 25.1 Å². The summed E-state index contributed by atoms with van der Waals surface area (Å²) in [4.78, 5) is 0. The van der Waals surface area contributed by atoms with Crippen LogP contribution in [0.15, 0.2) is 0 Å². The number of ether oxygens (including phenoxy) is 1. The zero-order chi connectivity index (χ0) is 16.1. The number of hydrogen-bond donors (Lipinski definition) is 2. The van der Waals surface area contributed by atoms with Crippen LogP contribution in [-0.2, 0) is 24.6 Å². The molecular weight excluding hydrogens is 318 g/mol. The van der Waals surface area contributed by atoms with Gasteiger partial charge >= 0.3 is 0 Å². The molecular formula is C11H23N3O5S2. The van der Waals surface area contributed by atoms with E-state index in [1.165, 1.54) is 11.4 Å². The highest BCUT2D eigenvalue weighted by atomic mass is 32.2. The second-order valence-electron chi connectivity index (χ2n) is 5.06. The van der Waals surface area contributed by atoms with Gasteiger partial charge in [0.05, 0.1) is 29.2 Å². The maximum absolute atomic E-state index is 12.6. The number of nitrogens with two attached hydrogens (primary N) is 1. The Bertz CT molecular complexity index is 544. The number of amidine groups is 1. The summed E-state index contributed by atoms with van der Waals surface area (Å²) in [7, 11) is -5.24. The van der Waals surface area contributed by atoms with Crippen molar-refractivity contribution in [1.82, 2.24) is 4.31 Å². The highest BCUT2D eigenvalue weighted by Crippen LogP contribution is 2.22. The molecule has 0 aliphatic carbocycles. The zero-order valence-electron chi connectivity index (χ0n) is 12.1. The molecule has 3 N–H and O–H groups in total. The van der Waals surface area contributed by atoms with E-state index in [1.54, 1.807) is 0 Å². The van der Waals surface area contributed by atoms with E-state index in [2.05, 4.69) is 0 Å². The van der Waals surface area contributed by atoms with Gasteiger partial charge in [0, 0.05) is 26.6 Å². The quantitative estimate of drug-likeness (QED) is 0.437. The molecule has 1 fully saturated rings. The molecule has 0 saturated carbocycles. The van der Waals surface area contributed by atoms with E-state index in [1.807, 2.05) is 0 Å². The molecule has 0 bridgehead atoms. The van der Waals surface area contributed by atoms with Gasteiger partial charge in [0.1, 0.15) is 9.84 Å². The molecule has 0 aromatic carbocycles. The first kappa shape index (κ1) is 18.3. The average Bonchev–Trinajstić information content (AvgIpc) is 2.37. The summed E-state index contributed by atoms with van der Waals surface area (Å²) in [6, 6.07) is 0. The molecule has 0 spiro atoms. The third kappa shape index (κ3) is 5.53. The number of sulfonamides is 1. The van der Waals surface area contributed by atoms with Crippen molar-refractivity contribution < 1.29 is 21.6 Å². The van der Waals surface area contributed by atoms with E-state index >= 15 is 0 Å². The molecule has 1 aliphatic rings. The van der Waals surface area contributed by atoms with Crippen LogP contribution in [0.3, 0.4) is 0 Å². The summed E-state index contributed by atoms with van der Waals surface area (Å²) >= 11 is 0. The minimum Gasteiger partial charge on any atom is -0.388 e. The van der Waals surface area contributed by atoms with Crippen molar-refractivity contribution >= 4 is 25.7 Å². The van der Waals surface area contributed by atoms with E-state index in [0.717, 1.165) is 0 Å². The van der Waals surface area contributed by atoms with Crippen molar-refractivity contribution in [3.8, 4) is 0 Å². The number of hydrogen-bond acceptors (Lipinski definition) is 6. The highest BCUT2D eigenvalue weighted by Gasteiger charge is 2.36. The van der Waals surface area contributed by atoms with Crippen LogP contribution in [0.2, 0.25) is 0 Å². The zero-order valence-corrected chi connectivity index (χ0v) is 13.7. The van der Waals surface area contributed by atoms with Gasteiger partial charge in [0.2, 0.25) is 10.0 Å². The van der Waals surface area contributed by atoms with Crippen molar-refractivity contribution in [3.63, 3.8) is 0 Å². The number of nitrogens with one attached hydrogen (secondary N) is 1. The smallest absolute Gasteiger partial charge is 0.217 e. The maximum atomic E-state index is 12.6. The normalized spacial score (nSPS) is 19.7. The van der Waals surface area contributed by atoms with Gasteiger partial charge in [-0.25, -0.2) is 16.8 Å². The van der Waals surface area contributed by atoms with Gasteiger partial charge in [-0.3, -0.25) is 5.41 Å². The fraction of sp³-hybridized carbons (Fsp3) is 0.909. The lowest BCUT2D eigenvalue weighted by Gasteiger charge is -2.29. The molecule has 0 atom stereocenters. The van der Waals surface area contributed by atoms with Crippen LogP contribution >= 0.6 is 0 Å². The van der Waals surface area contributed by atoms with Gasteiger partial charge in [0.25, 0.3) is 0 Å². The van der Waals surface area contributed by atoms with Gasteiger partial charge in [-0.1, -0.05) is 0 Å². The number of methoxy groups -OCH3 is 1. The number of rotatable bonds is 8. The molecule has 8 nitrogen and oxygen atoms in total. The van der Waals surface area contributed by atoms with E-state index in [4.69, 9.17) is 15.9 Å². The third-order valence-electron chi connectivity index (χ3n) is 3.46. The summed E-state index contributed by atoms with van der Waals surface area (Å²) in [5.74, 6) is -0.275. The molecule has 0 aromatic rings. The van der Waals surface area contributed by atoms with Crippen LogP contribution in [-0.4, -0.2) is 70.5 Å². The third-order valence-corrected chi connectivity index (χ3v) is 7.57. The highest BCUT2D eigenvalue weighted by molar-refractivity contribution is 7.92. The first-order chi connectivity index (χ1) is 9.69. The van der Waals surface area contributed by atoms with Crippen molar-refractivity contribution in [1.29, 1.82) is 5.41 Å².